The Labute approximate surface area is 404 Å². The molecule has 0 heterocycles. The topological polar surface area (TPSA) is 212 Å². The van der Waals surface area contributed by atoms with Crippen LogP contribution in [-0.4, -0.2) is 139 Å². The fourth-order valence-electron chi connectivity index (χ4n) is 8.38. The Balaban J connectivity index is 0.000000277. The van der Waals surface area contributed by atoms with Gasteiger partial charge in [0.1, 0.15) is 5.75 Å². The van der Waals surface area contributed by atoms with E-state index < -0.39 is 18.3 Å². The van der Waals surface area contributed by atoms with Gasteiger partial charge in [0, 0.05) is 63.0 Å². The number of likely N-dealkylation sites (N-methyl/N-ethyl adjacent to an activating group) is 1. The number of aliphatic hydroxyl groups is 6. The second-order valence-electron chi connectivity index (χ2n) is 19.0. The molecule has 68 heavy (non-hydrogen) atoms. The van der Waals surface area contributed by atoms with Crippen LogP contribution >= 0.6 is 0 Å². The zero-order valence-electron chi connectivity index (χ0n) is 41.7. The molecule has 2 aliphatic carbocycles. The molecule has 6 atom stereocenters. The van der Waals surface area contributed by atoms with Gasteiger partial charge in [-0.1, -0.05) is 90.3 Å². The van der Waals surface area contributed by atoms with E-state index in [9.17, 15) is 24.6 Å². The number of benzene rings is 3. The molecular formula is C54H80N4O10. The number of amides is 2. The molecule has 14 heteroatoms. The van der Waals surface area contributed by atoms with Crippen molar-refractivity contribution in [3.8, 4) is 5.75 Å². The Morgan fingerprint density at radius 1 is 0.809 bits per heavy atom. The lowest BCUT2D eigenvalue weighted by molar-refractivity contribution is -0.125. The summed E-state index contributed by atoms with van der Waals surface area (Å²) in [6, 6.07) is 23.0. The number of ketones is 1. The average Bonchev–Trinajstić information content (AvgIpc) is 3.65. The first-order valence-corrected chi connectivity index (χ1v) is 24.0. The van der Waals surface area contributed by atoms with Gasteiger partial charge in [-0.2, -0.15) is 0 Å². The Bertz CT molecular complexity index is 2040. The van der Waals surface area contributed by atoms with E-state index in [1.165, 1.54) is 25.3 Å². The number of carbonyl (C=O) groups is 3. The summed E-state index contributed by atoms with van der Waals surface area (Å²) in [5.74, 6) is 1.56. The minimum atomic E-state index is -0.932. The molecular weight excluding hydrogens is 865 g/mol. The summed E-state index contributed by atoms with van der Waals surface area (Å²) in [5.41, 5.74) is 5.49. The molecule has 2 fully saturated rings. The van der Waals surface area contributed by atoms with E-state index in [-0.39, 0.29) is 55.6 Å². The van der Waals surface area contributed by atoms with Gasteiger partial charge in [0.25, 0.3) is 5.91 Å². The summed E-state index contributed by atoms with van der Waals surface area (Å²) < 4.78 is 5.86. The first-order chi connectivity index (χ1) is 32.3. The summed E-state index contributed by atoms with van der Waals surface area (Å²) >= 11 is 0. The van der Waals surface area contributed by atoms with E-state index in [0.717, 1.165) is 59.6 Å². The maximum atomic E-state index is 12.9. The van der Waals surface area contributed by atoms with Gasteiger partial charge in [-0.05, 0) is 114 Å². The van der Waals surface area contributed by atoms with Crippen molar-refractivity contribution >= 4 is 35.4 Å². The van der Waals surface area contributed by atoms with Crippen LogP contribution in [0, 0.1) is 22.7 Å². The smallest absolute Gasteiger partial charge is 0.251 e. The SMILES string of the molecule is CCCCC(CC)COc1ccc(/C=C/C(=O)NCC(O)CO)cc1.CN(C)c1ccc(C(=O)NCC(O)CO)cc1.CN(Cc1ccc(/C=C2\C(=O)C3(C)CCC2C3(C)C)cc1)CC(O)CO. The van der Waals surface area contributed by atoms with Gasteiger partial charge in [0.2, 0.25) is 5.91 Å². The summed E-state index contributed by atoms with van der Waals surface area (Å²) in [5, 5.41) is 59.1. The second kappa shape index (κ2) is 28.5. The summed E-state index contributed by atoms with van der Waals surface area (Å²) in [6.07, 6.45) is 9.52. The zero-order chi connectivity index (χ0) is 50.4. The quantitative estimate of drug-likeness (QED) is 0.0556. The first kappa shape index (κ1) is 57.4. The minimum absolute atomic E-state index is 0.0308. The van der Waals surface area contributed by atoms with Crippen LogP contribution in [0.5, 0.6) is 5.75 Å². The van der Waals surface area contributed by atoms with Crippen molar-refractivity contribution in [2.75, 3.05) is 72.1 Å². The summed E-state index contributed by atoms with van der Waals surface area (Å²) in [7, 11) is 5.77. The van der Waals surface area contributed by atoms with Crippen LogP contribution in [0.25, 0.3) is 12.2 Å². The lowest BCUT2D eigenvalue weighted by Crippen LogP contribution is -2.33. The third-order valence-corrected chi connectivity index (χ3v) is 13.3. The van der Waals surface area contributed by atoms with Crippen molar-refractivity contribution in [2.24, 2.45) is 22.7 Å². The normalized spacial score (nSPS) is 19.4. The Morgan fingerprint density at radius 2 is 1.40 bits per heavy atom. The number of hydrogen-bond donors (Lipinski definition) is 8. The van der Waals surface area contributed by atoms with Crippen molar-refractivity contribution < 1.29 is 49.8 Å². The second-order valence-corrected chi connectivity index (χ2v) is 19.0. The van der Waals surface area contributed by atoms with E-state index >= 15 is 0 Å². The van der Waals surface area contributed by atoms with Crippen molar-refractivity contribution in [1.29, 1.82) is 0 Å². The van der Waals surface area contributed by atoms with E-state index in [4.69, 9.17) is 25.2 Å². The van der Waals surface area contributed by atoms with Crippen molar-refractivity contribution in [1.82, 2.24) is 15.5 Å². The number of nitrogens with one attached hydrogen (secondary N) is 2. The number of Topliss-reactive ketones (excluding diaryl/α,β-unsaturated/α-hetero) is 1. The van der Waals surface area contributed by atoms with Gasteiger partial charge in [-0.15, -0.1) is 0 Å². The van der Waals surface area contributed by atoms with Crippen LogP contribution in [0.4, 0.5) is 5.69 Å². The average molecular weight is 945 g/mol. The molecule has 2 bridgehead atoms. The molecule has 0 aliphatic heterocycles. The third-order valence-electron chi connectivity index (χ3n) is 13.3. The molecule has 0 spiro atoms. The van der Waals surface area contributed by atoms with Crippen LogP contribution < -0.4 is 20.3 Å². The van der Waals surface area contributed by atoms with E-state index in [2.05, 4.69) is 75.6 Å². The van der Waals surface area contributed by atoms with Crippen molar-refractivity contribution in [2.45, 2.75) is 98.0 Å². The number of allylic oxidation sites excluding steroid dienone is 1. The highest BCUT2D eigenvalue weighted by atomic mass is 16.5. The number of fused-ring (bicyclic) bond motifs is 2. The molecule has 0 saturated heterocycles. The number of ether oxygens (including phenoxy) is 1. The van der Waals surface area contributed by atoms with Crippen LogP contribution in [0.3, 0.4) is 0 Å². The Kier molecular flexibility index (Phi) is 24.1. The van der Waals surface area contributed by atoms with Gasteiger partial charge in [0.05, 0.1) is 44.7 Å². The largest absolute Gasteiger partial charge is 0.493 e. The highest BCUT2D eigenvalue weighted by Gasteiger charge is 2.63. The number of hydrogen-bond acceptors (Lipinski definition) is 12. The molecule has 2 amide bonds. The highest BCUT2D eigenvalue weighted by molar-refractivity contribution is 6.08. The van der Waals surface area contributed by atoms with Crippen molar-refractivity contribution in [3.05, 3.63) is 107 Å². The number of anilines is 1. The van der Waals surface area contributed by atoms with Gasteiger partial charge in [-0.25, -0.2) is 0 Å². The maximum absolute atomic E-state index is 12.9. The summed E-state index contributed by atoms with van der Waals surface area (Å²) in [6.45, 7) is 12.0. The predicted octanol–water partition coefficient (Wildman–Crippen LogP) is 5.48. The number of aliphatic hydroxyl groups excluding tert-OH is 6. The molecule has 0 radical (unpaired) electrons. The van der Waals surface area contributed by atoms with Crippen LogP contribution in [-0.2, 0) is 16.1 Å². The molecule has 2 saturated carbocycles. The fraction of sp³-hybridized carbons (Fsp3) is 0.537. The lowest BCUT2D eigenvalue weighted by Gasteiger charge is -2.31. The Hall–Kier alpha value is -4.93. The Morgan fingerprint density at radius 3 is 1.93 bits per heavy atom. The summed E-state index contributed by atoms with van der Waals surface area (Å²) in [4.78, 5) is 40.1. The fourth-order valence-corrected chi connectivity index (χ4v) is 8.38. The predicted molar refractivity (Wildman–Crippen MR) is 270 cm³/mol. The van der Waals surface area contributed by atoms with Crippen LogP contribution in [0.2, 0.25) is 0 Å². The monoisotopic (exact) mass is 945 g/mol. The van der Waals surface area contributed by atoms with Gasteiger partial charge >= 0.3 is 0 Å². The van der Waals surface area contributed by atoms with E-state index in [1.54, 1.807) is 18.2 Å². The maximum Gasteiger partial charge on any atom is 0.251 e. The number of carbonyl (C=O) groups excluding carboxylic acids is 3. The standard InChI is InChI=1S/C22H31NO3.C20H31NO4.C12H18N2O3/c1-21(2)19-9-10-22(21,3)20(26)18(19)11-15-5-7-16(8-6-15)12-23(4)13-17(25)14-24;1-3-5-6-16(4-2)15-25-19-10-7-17(8-11-19)9-12-20(24)21-13-18(23)14-22;1-14(2)10-5-3-9(4-6-10)12(17)13-7-11(16)8-15/h5-8,11,17,19,24-25H,9-10,12-14H2,1-4H3;7-12,16,18,22-23H,3-6,13-15H2,1-2H3,(H,21,24);3-6,11,15-16H,7-8H2,1-2H3,(H,13,17)/b18-11-;12-9+;. The zero-order valence-corrected chi connectivity index (χ0v) is 41.7. The van der Waals surface area contributed by atoms with Crippen molar-refractivity contribution in [3.63, 3.8) is 0 Å². The minimum Gasteiger partial charge on any atom is -0.493 e. The molecule has 3 aromatic carbocycles. The lowest BCUT2D eigenvalue weighted by atomic mass is 9.70. The van der Waals surface area contributed by atoms with Crippen LogP contribution in [0.15, 0.2) is 84.4 Å². The van der Waals surface area contributed by atoms with Gasteiger partial charge in [-0.3, -0.25) is 19.3 Å². The third kappa shape index (κ3) is 17.5. The van der Waals surface area contributed by atoms with Gasteiger partial charge < -0.3 is 50.9 Å². The molecule has 3 aromatic rings. The molecule has 0 aromatic heterocycles. The molecule has 8 N–H and O–H groups in total. The molecule has 2 aliphatic rings. The molecule has 14 nitrogen and oxygen atoms in total. The van der Waals surface area contributed by atoms with E-state index in [1.807, 2.05) is 67.3 Å². The first-order valence-electron chi connectivity index (χ1n) is 24.0. The van der Waals surface area contributed by atoms with Crippen LogP contribution in [0.1, 0.15) is 100 Å². The number of rotatable bonds is 23. The number of nitrogens with zero attached hydrogens (tertiary/aromatic N) is 2. The molecule has 5 rings (SSSR count). The number of unbranched alkanes of at least 4 members (excludes halogenated alkanes) is 1. The van der Waals surface area contributed by atoms with Gasteiger partial charge in [0.15, 0.2) is 5.78 Å². The van der Waals surface area contributed by atoms with E-state index in [0.29, 0.717) is 36.3 Å². The highest BCUT2D eigenvalue weighted by Crippen LogP contribution is 2.65. The molecule has 376 valence electrons. The molecule has 6 unspecified atom stereocenters.